The molecule has 11 aliphatic rings. The van der Waals surface area contributed by atoms with Crippen molar-refractivity contribution in [2.24, 2.45) is 50.2 Å². The van der Waals surface area contributed by atoms with Gasteiger partial charge in [-0.1, -0.05) is 51.5 Å². The van der Waals surface area contributed by atoms with Gasteiger partial charge in [-0.25, -0.2) is 4.79 Å². The van der Waals surface area contributed by atoms with E-state index in [-0.39, 0.29) is 32.1 Å². The number of aliphatic hydroxyl groups excluding tert-OH is 16. The summed E-state index contributed by atoms with van der Waals surface area (Å²) in [6.45, 7) is 8.04. The number of methoxy groups -OCH3 is 1. The van der Waals surface area contributed by atoms with Crippen LogP contribution in [0.2, 0.25) is 0 Å². The van der Waals surface area contributed by atoms with Crippen LogP contribution in [0.1, 0.15) is 112 Å². The van der Waals surface area contributed by atoms with E-state index < -0.39 is 285 Å². The summed E-state index contributed by atoms with van der Waals surface area (Å²) in [5, 5.41) is 201. The number of carbonyl (C=O) groups is 3. The van der Waals surface area contributed by atoms with Crippen molar-refractivity contribution in [1.29, 1.82) is 0 Å². The summed E-state index contributed by atoms with van der Waals surface area (Å²) in [7, 11) is 1.49. The molecule has 35 heteroatoms. The van der Waals surface area contributed by atoms with E-state index in [0.717, 1.165) is 11.6 Å². The molecule has 1 aromatic carbocycles. The fourth-order valence-electron chi connectivity index (χ4n) is 20.3. The normalized spacial score (nSPS) is 49.8. The lowest BCUT2D eigenvalue weighted by molar-refractivity contribution is -0.389. The number of esters is 2. The summed E-state index contributed by atoms with van der Waals surface area (Å²) in [6.07, 6.45) is -43.2. The number of carboxylic acid groups (broad SMARTS) is 1. The highest BCUT2D eigenvalue weighted by molar-refractivity contribution is 5.87. The summed E-state index contributed by atoms with van der Waals surface area (Å²) in [6, 6.07) is 6.67. The van der Waals surface area contributed by atoms with Crippen LogP contribution in [0.5, 0.6) is 5.75 Å². The zero-order valence-corrected chi connectivity index (χ0v) is 62.0. The Balaban J connectivity index is 0.847. The predicted molar refractivity (Wildman–Crippen MR) is 364 cm³/mol. The predicted octanol–water partition coefficient (Wildman–Crippen LogP) is -3.77. The van der Waals surface area contributed by atoms with Crippen LogP contribution in [0.15, 0.2) is 42.0 Å². The summed E-state index contributed by atoms with van der Waals surface area (Å²) in [5.41, 5.74) is -7.56. The second kappa shape index (κ2) is 32.1. The third-order valence-corrected chi connectivity index (χ3v) is 26.7. The minimum atomic E-state index is -2.31. The molecular formula is C74H110O35. The molecule has 12 rings (SSSR count). The largest absolute Gasteiger partial charge is 0.497 e. The molecular weight excluding hydrogens is 1450 g/mol. The lowest BCUT2D eigenvalue weighted by Crippen LogP contribution is -2.71. The quantitative estimate of drug-likeness (QED) is 0.0243. The Morgan fingerprint density at radius 1 is 0.560 bits per heavy atom. The molecule has 0 amide bonds. The average Bonchev–Trinajstić information content (AvgIpc) is 0.745. The number of hydrogen-bond donors (Lipinski definition) is 18. The van der Waals surface area contributed by atoms with Crippen LogP contribution < -0.4 is 4.74 Å². The van der Waals surface area contributed by atoms with Gasteiger partial charge in [0.05, 0.1) is 75.9 Å². The summed E-state index contributed by atoms with van der Waals surface area (Å²) in [4.78, 5) is 44.0. The molecule has 4 saturated carbocycles. The molecule has 18 N–H and O–H groups in total. The van der Waals surface area contributed by atoms with Crippen LogP contribution in [0.4, 0.5) is 0 Å². The number of aliphatic carboxylic acids is 1. The molecule has 5 aliphatic carbocycles. The highest BCUT2D eigenvalue weighted by atomic mass is 16.8. The van der Waals surface area contributed by atoms with Gasteiger partial charge in [-0.05, 0) is 136 Å². The van der Waals surface area contributed by atoms with E-state index in [9.17, 15) is 102 Å². The number of carbonyl (C=O) groups excluding carboxylic acids is 2. The molecule has 6 aliphatic heterocycles. The van der Waals surface area contributed by atoms with Crippen molar-refractivity contribution in [1.82, 2.24) is 0 Å². The summed E-state index contributed by atoms with van der Waals surface area (Å²) < 4.78 is 84.4. The Morgan fingerprint density at radius 3 is 1.74 bits per heavy atom. The van der Waals surface area contributed by atoms with Crippen molar-refractivity contribution in [3.8, 4) is 5.75 Å². The van der Waals surface area contributed by atoms with Crippen molar-refractivity contribution in [3.05, 3.63) is 47.6 Å². The highest BCUT2D eigenvalue weighted by Gasteiger charge is 2.74. The van der Waals surface area contributed by atoms with Crippen LogP contribution in [-0.4, -0.2) is 334 Å². The van der Waals surface area contributed by atoms with Gasteiger partial charge >= 0.3 is 17.9 Å². The SMILES string of the molecule is COc1ccc(C=CC(=O)O[C@@H]2[C@H](O)[C@@H](O[C@@H]3O[C@@H](C)[C@H](O[C@@H]4OC[C@@H](O)[C@H](O[C@@H]5O[C@H](CO)[C@H](O)[C@H](O)[C@H]5O)[C@H]4O)[C@@H](O[C@@H]4OC[C@](O)(CO)[C@H]4O)[C@H]3O)[C@H](OC(=O)[C@]34CCC(C)(C)C[C@H]3C3=CC[C@@H]5[C@@]6(C)C[C@H](O)[C@H](O[C@@H]7O[C@H](CO)[C@@H](O)[C@H](O)[C@H]7O)[C@@](C)(C(=O)O)[C@@H]6CC[C@@]5(C)[C@]3(CO)CC4)O[C@@H]2C)cc1. The van der Waals surface area contributed by atoms with Gasteiger partial charge in [0, 0.05) is 11.5 Å². The van der Waals surface area contributed by atoms with Gasteiger partial charge in [-0.2, -0.15) is 0 Å². The van der Waals surface area contributed by atoms with Gasteiger partial charge in [0.25, 0.3) is 0 Å². The maximum absolute atomic E-state index is 16.2. The van der Waals surface area contributed by atoms with E-state index in [1.54, 1.807) is 24.3 Å². The van der Waals surface area contributed by atoms with Gasteiger partial charge in [0.2, 0.25) is 6.29 Å². The number of hydrogen-bond acceptors (Lipinski definition) is 34. The first kappa shape index (κ1) is 84.2. The first-order chi connectivity index (χ1) is 51.4. The van der Waals surface area contributed by atoms with E-state index in [1.807, 2.05) is 13.0 Å². The van der Waals surface area contributed by atoms with Crippen molar-refractivity contribution in [2.75, 3.05) is 46.8 Å². The number of ether oxygens (including phenoxy) is 14. The lowest BCUT2D eigenvalue weighted by atomic mass is 9.33. The van der Waals surface area contributed by atoms with Crippen LogP contribution in [0, 0.1) is 50.2 Å². The van der Waals surface area contributed by atoms with Crippen LogP contribution >= 0.6 is 0 Å². The van der Waals surface area contributed by atoms with E-state index in [0.29, 0.717) is 37.0 Å². The summed E-state index contributed by atoms with van der Waals surface area (Å²) >= 11 is 0. The van der Waals surface area contributed by atoms with E-state index in [4.69, 9.17) is 66.3 Å². The van der Waals surface area contributed by atoms with Gasteiger partial charge in [-0.15, -0.1) is 0 Å². The highest BCUT2D eigenvalue weighted by Crippen LogP contribution is 2.76. The first-order valence-electron chi connectivity index (χ1n) is 37.5. The first-order valence-corrected chi connectivity index (χ1v) is 37.5. The number of fused-ring (bicyclic) bond motifs is 7. The van der Waals surface area contributed by atoms with E-state index in [2.05, 4.69) is 20.8 Å². The van der Waals surface area contributed by atoms with E-state index in [1.165, 1.54) is 34.0 Å². The number of rotatable bonds is 21. The molecule has 0 spiro atoms. The number of benzene rings is 1. The summed E-state index contributed by atoms with van der Waals surface area (Å²) in [5.74, 6) is -4.35. The average molecular weight is 1560 g/mol. The van der Waals surface area contributed by atoms with Gasteiger partial charge in [-0.3, -0.25) is 9.59 Å². The molecule has 0 bridgehead atoms. The fraction of sp³-hybridized carbons (Fsp3) is 0.824. The maximum atomic E-state index is 16.2. The molecule has 616 valence electrons. The minimum Gasteiger partial charge on any atom is -0.497 e. The Kier molecular flexibility index (Phi) is 24.8. The maximum Gasteiger partial charge on any atom is 0.331 e. The molecule has 6 heterocycles. The molecule has 0 aromatic heterocycles. The van der Waals surface area contributed by atoms with Crippen LogP contribution in [0.25, 0.3) is 6.08 Å². The number of carboxylic acids is 1. The molecule has 6 saturated heterocycles. The Bertz CT molecular complexity index is 3400. The lowest BCUT2D eigenvalue weighted by Gasteiger charge is -2.71. The van der Waals surface area contributed by atoms with Gasteiger partial charge < -0.3 is 158 Å². The third-order valence-electron chi connectivity index (χ3n) is 26.7. The second-order valence-electron chi connectivity index (χ2n) is 33.5. The third kappa shape index (κ3) is 14.8. The molecule has 109 heavy (non-hydrogen) atoms. The number of aliphatic hydroxyl groups is 17. The van der Waals surface area contributed by atoms with Crippen molar-refractivity contribution >= 4 is 24.0 Å². The van der Waals surface area contributed by atoms with Crippen molar-refractivity contribution in [3.63, 3.8) is 0 Å². The Labute approximate surface area is 628 Å². The zero-order valence-electron chi connectivity index (χ0n) is 62.0. The van der Waals surface area contributed by atoms with Crippen molar-refractivity contribution < 1.29 is 173 Å². The second-order valence-corrected chi connectivity index (χ2v) is 33.5. The van der Waals surface area contributed by atoms with Gasteiger partial charge in [0.15, 0.2) is 43.7 Å². The number of allylic oxidation sites excluding steroid dienone is 1. The Morgan fingerprint density at radius 2 is 1.14 bits per heavy atom. The molecule has 0 unspecified atom stereocenters. The minimum absolute atomic E-state index is 0.0203. The van der Waals surface area contributed by atoms with Gasteiger partial charge in [0.1, 0.15) is 115 Å². The molecule has 37 atom stereocenters. The monoisotopic (exact) mass is 1560 g/mol. The topological polar surface area (TPSA) is 545 Å². The standard InChI is InChI=1S/C74H110O35/c1-31-53(103-43(81)16-11-33-9-12-34(96-8)13-10-33)50(88)57(107-63-52(90)56(106-65-58(91)74(95,29-78)30-98-65)54(32(2)99-63)104-60-51(89)55(38(80)27-97-60)105-61-48(86)46(84)44(82)39(25-75)101-61)64(100-31)109-67(94)72-20-19-68(3,4)23-36(72)35-14-15-41-69(5)24-37(79)59(108-62-49(87)47(85)45(83)40(26-76)102-62)71(7,66(92)93)42(69)17-18-70(41,6)73(35,28-77)22-21-72/h9-14,16,31-32,36-42,44-65,75-80,82-91,95H,15,17-30H2,1-8H3,(H,92,93)/t31-,32+,36+,37+,38-,39-,40-,41-,42-,44+,45-,46+,47+,48-,49-,50+,51-,52-,53+,54+,55+,56+,57-,58+,59+,60+,61+,62+,63+,64+,65+,69-,70-,71+,72+,73+,74-/m1/s1. The zero-order chi connectivity index (χ0) is 79.3. The Hall–Kier alpha value is -4.21. The smallest absolute Gasteiger partial charge is 0.331 e. The van der Waals surface area contributed by atoms with Crippen LogP contribution in [0.3, 0.4) is 0 Å². The fourth-order valence-corrected chi connectivity index (χ4v) is 20.3. The van der Waals surface area contributed by atoms with E-state index >= 15 is 4.79 Å². The molecule has 35 nitrogen and oxygen atoms in total. The molecule has 0 radical (unpaired) electrons. The molecule has 10 fully saturated rings. The van der Waals surface area contributed by atoms with Crippen LogP contribution in [-0.2, 0) is 76.0 Å². The van der Waals surface area contributed by atoms with Crippen molar-refractivity contribution in [2.45, 2.75) is 284 Å². The molecule has 1 aromatic rings.